The van der Waals surface area contributed by atoms with Crippen molar-refractivity contribution in [1.82, 2.24) is 5.32 Å². The Labute approximate surface area is 122 Å². The summed E-state index contributed by atoms with van der Waals surface area (Å²) in [6.45, 7) is 9.59. The van der Waals surface area contributed by atoms with Gasteiger partial charge < -0.3 is 10.1 Å². The second kappa shape index (κ2) is 7.93. The molecule has 0 saturated carbocycles. The summed E-state index contributed by atoms with van der Waals surface area (Å²) < 4.78 is 5.11. The number of amides is 1. The topological polar surface area (TPSA) is 38.3 Å². The lowest BCUT2D eigenvalue weighted by molar-refractivity contribution is -0.120. The van der Waals surface area contributed by atoms with Crippen molar-refractivity contribution in [2.45, 2.75) is 34.1 Å². The molecule has 0 bridgehead atoms. The lowest BCUT2D eigenvalue weighted by Crippen LogP contribution is -2.34. The van der Waals surface area contributed by atoms with Crippen LogP contribution in [0.4, 0.5) is 0 Å². The molecule has 0 spiro atoms. The van der Waals surface area contributed by atoms with Crippen LogP contribution in [0.5, 0.6) is 5.75 Å². The second-order valence-electron chi connectivity index (χ2n) is 5.98. The number of nitrogens with one attached hydrogen (secondary N) is 1. The first kappa shape index (κ1) is 16.5. The maximum atomic E-state index is 12.0. The zero-order valence-corrected chi connectivity index (χ0v) is 13.3. The number of carbonyl (C=O) groups excluding carboxylic acids is 1. The van der Waals surface area contributed by atoms with Crippen molar-refractivity contribution in [2.24, 2.45) is 17.8 Å². The molecule has 0 aliphatic rings. The second-order valence-corrected chi connectivity index (χ2v) is 5.98. The molecule has 0 aromatic heterocycles. The number of hydrogen-bond acceptors (Lipinski definition) is 2. The monoisotopic (exact) mass is 277 g/mol. The Bertz CT molecular complexity index is 402. The average molecular weight is 277 g/mol. The molecule has 112 valence electrons. The van der Waals surface area contributed by atoms with Crippen LogP contribution in [-0.2, 0) is 11.2 Å². The molecule has 0 aliphatic carbocycles. The fourth-order valence-electron chi connectivity index (χ4n) is 2.46. The van der Waals surface area contributed by atoms with Crippen LogP contribution < -0.4 is 10.1 Å². The Morgan fingerprint density at radius 2 is 1.65 bits per heavy atom. The minimum absolute atomic E-state index is 0.0847. The molecule has 0 radical (unpaired) electrons. The van der Waals surface area contributed by atoms with Gasteiger partial charge in [0.25, 0.3) is 0 Å². The molecule has 1 aromatic carbocycles. The zero-order valence-electron chi connectivity index (χ0n) is 13.3. The summed E-state index contributed by atoms with van der Waals surface area (Å²) in [5.74, 6) is 2.58. The minimum atomic E-state index is 0.0847. The Hall–Kier alpha value is -1.51. The molecule has 20 heavy (non-hydrogen) atoms. The van der Waals surface area contributed by atoms with Gasteiger partial charge in [0.2, 0.25) is 5.91 Å². The lowest BCUT2D eigenvalue weighted by Gasteiger charge is -2.25. The van der Waals surface area contributed by atoms with Crippen LogP contribution in [0.1, 0.15) is 33.3 Å². The van der Waals surface area contributed by atoms with Gasteiger partial charge in [0.05, 0.1) is 13.5 Å². The predicted molar refractivity (Wildman–Crippen MR) is 82.9 cm³/mol. The first-order valence-corrected chi connectivity index (χ1v) is 7.33. The molecular formula is C17H27NO2. The zero-order chi connectivity index (χ0) is 15.1. The highest BCUT2D eigenvalue weighted by molar-refractivity contribution is 5.78. The van der Waals surface area contributed by atoms with E-state index in [1.54, 1.807) is 7.11 Å². The molecule has 0 unspecified atom stereocenters. The average Bonchev–Trinajstić information content (AvgIpc) is 2.39. The van der Waals surface area contributed by atoms with Crippen molar-refractivity contribution in [1.29, 1.82) is 0 Å². The van der Waals surface area contributed by atoms with Crippen LogP contribution >= 0.6 is 0 Å². The molecule has 1 N–H and O–H groups in total. The third-order valence-corrected chi connectivity index (χ3v) is 3.77. The molecular weight excluding hydrogens is 250 g/mol. The smallest absolute Gasteiger partial charge is 0.224 e. The standard InChI is InChI=1S/C17H27NO2/c1-12(2)16(13(3)4)11-18-17(19)10-14-6-8-15(20-5)9-7-14/h6-9,12-13,16H,10-11H2,1-5H3,(H,18,19). The van der Waals surface area contributed by atoms with Gasteiger partial charge in [0.1, 0.15) is 5.75 Å². The fraction of sp³-hybridized carbons (Fsp3) is 0.588. The molecule has 0 saturated heterocycles. The highest BCUT2D eigenvalue weighted by Crippen LogP contribution is 2.19. The highest BCUT2D eigenvalue weighted by atomic mass is 16.5. The first-order chi connectivity index (χ1) is 9.43. The molecule has 1 amide bonds. The summed E-state index contributed by atoms with van der Waals surface area (Å²) in [6.07, 6.45) is 0.424. The van der Waals surface area contributed by atoms with E-state index in [1.807, 2.05) is 24.3 Å². The van der Waals surface area contributed by atoms with E-state index >= 15 is 0 Å². The maximum absolute atomic E-state index is 12.0. The third-order valence-electron chi connectivity index (χ3n) is 3.77. The van der Waals surface area contributed by atoms with E-state index in [0.717, 1.165) is 17.9 Å². The Morgan fingerprint density at radius 3 is 2.10 bits per heavy atom. The predicted octanol–water partition coefficient (Wildman–Crippen LogP) is 3.28. The van der Waals surface area contributed by atoms with Crippen molar-refractivity contribution in [2.75, 3.05) is 13.7 Å². The van der Waals surface area contributed by atoms with Gasteiger partial charge in [-0.15, -0.1) is 0 Å². The normalized spacial score (nSPS) is 11.2. The van der Waals surface area contributed by atoms with Gasteiger partial charge in [-0.1, -0.05) is 39.8 Å². The fourth-order valence-corrected chi connectivity index (χ4v) is 2.46. The van der Waals surface area contributed by atoms with E-state index in [0.29, 0.717) is 24.2 Å². The molecule has 0 heterocycles. The first-order valence-electron chi connectivity index (χ1n) is 7.33. The van der Waals surface area contributed by atoms with E-state index in [-0.39, 0.29) is 5.91 Å². The van der Waals surface area contributed by atoms with E-state index in [2.05, 4.69) is 33.0 Å². The number of benzene rings is 1. The van der Waals surface area contributed by atoms with Gasteiger partial charge >= 0.3 is 0 Å². The van der Waals surface area contributed by atoms with Crippen molar-refractivity contribution in [3.8, 4) is 5.75 Å². The van der Waals surface area contributed by atoms with Gasteiger partial charge in [0, 0.05) is 6.54 Å². The Balaban J connectivity index is 2.46. The highest BCUT2D eigenvalue weighted by Gasteiger charge is 2.18. The van der Waals surface area contributed by atoms with Gasteiger partial charge in [-0.05, 0) is 35.4 Å². The van der Waals surface area contributed by atoms with Crippen LogP contribution in [0.25, 0.3) is 0 Å². The van der Waals surface area contributed by atoms with E-state index in [9.17, 15) is 4.79 Å². The molecule has 3 heteroatoms. The molecule has 0 fully saturated rings. The van der Waals surface area contributed by atoms with E-state index in [4.69, 9.17) is 4.74 Å². The van der Waals surface area contributed by atoms with Crippen molar-refractivity contribution in [3.63, 3.8) is 0 Å². The summed E-state index contributed by atoms with van der Waals surface area (Å²) in [7, 11) is 1.64. The van der Waals surface area contributed by atoms with Crippen LogP contribution in [0.3, 0.4) is 0 Å². The SMILES string of the molecule is COc1ccc(CC(=O)NCC(C(C)C)C(C)C)cc1. The van der Waals surface area contributed by atoms with Crippen molar-refractivity contribution >= 4 is 5.91 Å². The van der Waals surface area contributed by atoms with Crippen LogP contribution in [-0.4, -0.2) is 19.6 Å². The summed E-state index contributed by atoms with van der Waals surface area (Å²) in [5, 5.41) is 3.05. The van der Waals surface area contributed by atoms with Crippen LogP contribution in [0, 0.1) is 17.8 Å². The molecule has 3 nitrogen and oxygen atoms in total. The lowest BCUT2D eigenvalue weighted by atomic mass is 9.85. The molecule has 1 rings (SSSR count). The van der Waals surface area contributed by atoms with E-state index in [1.165, 1.54) is 0 Å². The Morgan fingerprint density at radius 1 is 1.10 bits per heavy atom. The number of methoxy groups -OCH3 is 1. The van der Waals surface area contributed by atoms with Crippen molar-refractivity contribution < 1.29 is 9.53 Å². The number of carbonyl (C=O) groups is 1. The summed E-state index contributed by atoms with van der Waals surface area (Å²) in [4.78, 5) is 12.0. The molecule has 0 aliphatic heterocycles. The number of rotatable bonds is 7. The minimum Gasteiger partial charge on any atom is -0.497 e. The molecule has 1 aromatic rings. The van der Waals surface area contributed by atoms with E-state index < -0.39 is 0 Å². The van der Waals surface area contributed by atoms with Crippen LogP contribution in [0.2, 0.25) is 0 Å². The maximum Gasteiger partial charge on any atom is 0.224 e. The summed E-state index contributed by atoms with van der Waals surface area (Å²) in [6, 6.07) is 7.63. The summed E-state index contributed by atoms with van der Waals surface area (Å²) >= 11 is 0. The van der Waals surface area contributed by atoms with Gasteiger partial charge in [0.15, 0.2) is 0 Å². The van der Waals surface area contributed by atoms with Gasteiger partial charge in [-0.2, -0.15) is 0 Å². The quantitative estimate of drug-likeness (QED) is 0.830. The largest absolute Gasteiger partial charge is 0.497 e. The summed E-state index contributed by atoms with van der Waals surface area (Å²) in [5.41, 5.74) is 1.01. The van der Waals surface area contributed by atoms with Crippen LogP contribution in [0.15, 0.2) is 24.3 Å². The Kier molecular flexibility index (Phi) is 6.56. The third kappa shape index (κ3) is 5.24. The number of hydrogen-bond donors (Lipinski definition) is 1. The number of ether oxygens (including phenoxy) is 1. The van der Waals surface area contributed by atoms with Gasteiger partial charge in [-0.25, -0.2) is 0 Å². The van der Waals surface area contributed by atoms with Crippen molar-refractivity contribution in [3.05, 3.63) is 29.8 Å². The van der Waals surface area contributed by atoms with Gasteiger partial charge in [-0.3, -0.25) is 4.79 Å². The molecule has 0 atom stereocenters.